The van der Waals surface area contributed by atoms with Crippen molar-refractivity contribution in [1.82, 2.24) is 15.0 Å². The van der Waals surface area contributed by atoms with E-state index in [1.54, 1.807) is 36.7 Å². The van der Waals surface area contributed by atoms with Crippen molar-refractivity contribution in [3.8, 4) is 11.3 Å². The predicted octanol–water partition coefficient (Wildman–Crippen LogP) is 4.00. The molecule has 5 nitrogen and oxygen atoms in total. The molecular formula is C16H12ClFN4OS. The van der Waals surface area contributed by atoms with Gasteiger partial charge in [0.05, 0.1) is 23.3 Å². The number of nitrogens with one attached hydrogen (secondary N) is 2. The average Bonchev–Trinajstić information content (AvgIpc) is 3.05. The molecule has 2 heterocycles. The lowest BCUT2D eigenvalue weighted by Gasteiger charge is -2.05. The molecule has 24 heavy (non-hydrogen) atoms. The second-order valence-electron chi connectivity index (χ2n) is 4.79. The number of halogens is 2. The van der Waals surface area contributed by atoms with Crippen molar-refractivity contribution in [3.63, 3.8) is 0 Å². The van der Waals surface area contributed by atoms with Crippen LogP contribution in [0.3, 0.4) is 0 Å². The number of thioether (sulfide) groups is 1. The van der Waals surface area contributed by atoms with E-state index in [0.717, 1.165) is 11.3 Å². The van der Waals surface area contributed by atoms with Gasteiger partial charge in [-0.05, 0) is 42.0 Å². The van der Waals surface area contributed by atoms with E-state index in [-0.39, 0.29) is 22.6 Å². The first kappa shape index (κ1) is 16.5. The summed E-state index contributed by atoms with van der Waals surface area (Å²) in [5.74, 6) is -0.338. The summed E-state index contributed by atoms with van der Waals surface area (Å²) in [6.45, 7) is 0. The number of rotatable bonds is 5. The highest BCUT2D eigenvalue weighted by Crippen LogP contribution is 2.22. The topological polar surface area (TPSA) is 70.7 Å². The molecule has 0 saturated heterocycles. The second-order valence-corrected chi connectivity index (χ2v) is 6.11. The molecule has 0 spiro atoms. The van der Waals surface area contributed by atoms with Crippen molar-refractivity contribution >= 4 is 35.0 Å². The first-order chi connectivity index (χ1) is 11.6. The molecular weight excluding hydrogens is 351 g/mol. The van der Waals surface area contributed by atoms with Crippen LogP contribution in [0.5, 0.6) is 0 Å². The Bertz CT molecular complexity index is 853. The van der Waals surface area contributed by atoms with E-state index in [1.165, 1.54) is 23.9 Å². The van der Waals surface area contributed by atoms with Crippen LogP contribution in [0.4, 0.5) is 10.1 Å². The fourth-order valence-corrected chi connectivity index (χ4v) is 2.77. The van der Waals surface area contributed by atoms with Crippen LogP contribution in [0.1, 0.15) is 0 Å². The molecule has 0 fully saturated rings. The van der Waals surface area contributed by atoms with Gasteiger partial charge >= 0.3 is 0 Å². The first-order valence-electron chi connectivity index (χ1n) is 6.96. The van der Waals surface area contributed by atoms with Crippen LogP contribution in [-0.4, -0.2) is 26.6 Å². The van der Waals surface area contributed by atoms with Gasteiger partial charge in [-0.3, -0.25) is 4.79 Å². The summed E-state index contributed by atoms with van der Waals surface area (Å²) in [7, 11) is 0. The maximum absolute atomic E-state index is 12.9. The third kappa shape index (κ3) is 4.12. The first-order valence-corrected chi connectivity index (χ1v) is 8.32. The molecule has 0 unspecified atom stereocenters. The van der Waals surface area contributed by atoms with Crippen LogP contribution in [0.2, 0.25) is 5.15 Å². The summed E-state index contributed by atoms with van der Waals surface area (Å²) in [5, 5.41) is 3.53. The molecule has 0 radical (unpaired) electrons. The highest BCUT2D eigenvalue weighted by atomic mass is 35.5. The van der Waals surface area contributed by atoms with Crippen molar-refractivity contribution in [2.45, 2.75) is 5.16 Å². The van der Waals surface area contributed by atoms with Gasteiger partial charge in [-0.15, -0.1) is 0 Å². The Kier molecular flexibility index (Phi) is 5.12. The van der Waals surface area contributed by atoms with Gasteiger partial charge in [-0.2, -0.15) is 0 Å². The van der Waals surface area contributed by atoms with E-state index in [9.17, 15) is 9.18 Å². The van der Waals surface area contributed by atoms with Gasteiger partial charge in [0.1, 0.15) is 5.82 Å². The molecule has 0 atom stereocenters. The Hall–Kier alpha value is -2.38. The van der Waals surface area contributed by atoms with Crippen molar-refractivity contribution < 1.29 is 9.18 Å². The number of imidazole rings is 1. The number of carbonyl (C=O) groups is 1. The number of anilines is 1. The Morgan fingerprint density at radius 3 is 2.79 bits per heavy atom. The molecule has 122 valence electrons. The fraction of sp³-hybridized carbons (Fsp3) is 0.0625. The number of aromatic amines is 1. The number of benzene rings is 1. The van der Waals surface area contributed by atoms with Crippen molar-refractivity contribution in [3.05, 3.63) is 59.8 Å². The van der Waals surface area contributed by atoms with Crippen LogP contribution < -0.4 is 5.32 Å². The molecule has 1 amide bonds. The van der Waals surface area contributed by atoms with Gasteiger partial charge in [0.2, 0.25) is 5.91 Å². The van der Waals surface area contributed by atoms with Gasteiger partial charge in [0.25, 0.3) is 0 Å². The smallest absolute Gasteiger partial charge is 0.234 e. The maximum atomic E-state index is 12.9. The SMILES string of the molecule is O=C(CSc1ncc(-c2ccc(F)cc2)[nH]1)Nc1cccnc1Cl. The van der Waals surface area contributed by atoms with Gasteiger partial charge in [-0.25, -0.2) is 14.4 Å². The van der Waals surface area contributed by atoms with Crippen LogP contribution in [0.15, 0.2) is 53.9 Å². The van der Waals surface area contributed by atoms with Crippen LogP contribution in [0, 0.1) is 5.82 Å². The third-order valence-corrected chi connectivity index (χ3v) is 4.27. The van der Waals surface area contributed by atoms with E-state index in [4.69, 9.17) is 11.6 Å². The largest absolute Gasteiger partial charge is 0.333 e. The number of pyridine rings is 1. The van der Waals surface area contributed by atoms with E-state index < -0.39 is 0 Å². The summed E-state index contributed by atoms with van der Waals surface area (Å²) in [6.07, 6.45) is 3.19. The lowest BCUT2D eigenvalue weighted by atomic mass is 10.2. The number of hydrogen-bond acceptors (Lipinski definition) is 4. The zero-order valence-corrected chi connectivity index (χ0v) is 13.9. The van der Waals surface area contributed by atoms with Crippen molar-refractivity contribution in [2.75, 3.05) is 11.1 Å². The molecule has 1 aromatic carbocycles. The Morgan fingerprint density at radius 1 is 1.25 bits per heavy atom. The molecule has 0 aliphatic carbocycles. The summed E-state index contributed by atoms with van der Waals surface area (Å²) in [5.41, 5.74) is 2.05. The van der Waals surface area contributed by atoms with E-state index >= 15 is 0 Å². The Morgan fingerprint density at radius 2 is 2.04 bits per heavy atom. The number of aromatic nitrogens is 3. The summed E-state index contributed by atoms with van der Waals surface area (Å²) in [6, 6.07) is 9.46. The minimum absolute atomic E-state index is 0.168. The average molecular weight is 363 g/mol. The second kappa shape index (κ2) is 7.46. The molecule has 0 bridgehead atoms. The number of carbonyl (C=O) groups excluding carboxylic acids is 1. The molecule has 3 rings (SSSR count). The molecule has 0 aliphatic heterocycles. The molecule has 0 saturated carbocycles. The predicted molar refractivity (Wildman–Crippen MR) is 92.6 cm³/mol. The van der Waals surface area contributed by atoms with Crippen molar-refractivity contribution in [1.29, 1.82) is 0 Å². The maximum Gasteiger partial charge on any atom is 0.234 e. The van der Waals surface area contributed by atoms with Gasteiger partial charge in [0.15, 0.2) is 10.3 Å². The van der Waals surface area contributed by atoms with Crippen LogP contribution >= 0.6 is 23.4 Å². The van der Waals surface area contributed by atoms with Crippen molar-refractivity contribution in [2.24, 2.45) is 0 Å². The number of amides is 1. The lowest BCUT2D eigenvalue weighted by Crippen LogP contribution is -2.14. The number of H-pyrrole nitrogens is 1. The van der Waals surface area contributed by atoms with E-state index in [2.05, 4.69) is 20.3 Å². The Labute approximate surface area is 146 Å². The highest BCUT2D eigenvalue weighted by Gasteiger charge is 2.09. The quantitative estimate of drug-likeness (QED) is 0.531. The Balaban J connectivity index is 1.58. The van der Waals surface area contributed by atoms with Crippen LogP contribution in [0.25, 0.3) is 11.3 Å². The zero-order valence-electron chi connectivity index (χ0n) is 12.3. The monoisotopic (exact) mass is 362 g/mol. The standard InChI is InChI=1S/C16H12ClFN4OS/c17-15-12(2-1-7-19-15)21-14(23)9-24-16-20-8-13(22-16)10-3-5-11(18)6-4-10/h1-8H,9H2,(H,20,22)(H,21,23). The van der Waals surface area contributed by atoms with E-state index in [1.807, 2.05) is 0 Å². The molecule has 8 heteroatoms. The fourth-order valence-electron chi connectivity index (χ4n) is 1.95. The van der Waals surface area contributed by atoms with Gasteiger partial charge < -0.3 is 10.3 Å². The minimum Gasteiger partial charge on any atom is -0.333 e. The molecule has 2 aromatic heterocycles. The number of hydrogen-bond donors (Lipinski definition) is 2. The normalized spacial score (nSPS) is 10.6. The minimum atomic E-state index is -0.293. The molecule has 2 N–H and O–H groups in total. The summed E-state index contributed by atoms with van der Waals surface area (Å²) >= 11 is 7.15. The summed E-state index contributed by atoms with van der Waals surface area (Å²) in [4.78, 5) is 23.1. The van der Waals surface area contributed by atoms with E-state index in [0.29, 0.717) is 10.8 Å². The van der Waals surface area contributed by atoms with Gasteiger partial charge in [0, 0.05) is 6.20 Å². The third-order valence-electron chi connectivity index (χ3n) is 3.08. The molecule has 3 aromatic rings. The molecule has 0 aliphatic rings. The zero-order chi connectivity index (χ0) is 16.9. The highest BCUT2D eigenvalue weighted by molar-refractivity contribution is 7.99. The van der Waals surface area contributed by atoms with Gasteiger partial charge in [-0.1, -0.05) is 23.4 Å². The number of nitrogens with zero attached hydrogens (tertiary/aromatic N) is 2. The summed E-state index contributed by atoms with van der Waals surface area (Å²) < 4.78 is 12.9. The van der Waals surface area contributed by atoms with Crippen LogP contribution in [-0.2, 0) is 4.79 Å². The lowest BCUT2D eigenvalue weighted by molar-refractivity contribution is -0.113.